The topological polar surface area (TPSA) is 48.0 Å². The van der Waals surface area contributed by atoms with Crippen LogP contribution in [0.25, 0.3) is 10.9 Å². The van der Waals surface area contributed by atoms with Crippen LogP contribution in [0, 0.1) is 19.8 Å². The molecule has 0 atom stereocenters. The van der Waals surface area contributed by atoms with Crippen LogP contribution in [0.2, 0.25) is 0 Å². The van der Waals surface area contributed by atoms with Crippen molar-refractivity contribution < 1.29 is 4.79 Å². The summed E-state index contributed by atoms with van der Waals surface area (Å²) in [6, 6.07) is 8.68. The molecular formula is C15H23ClN2O. The van der Waals surface area contributed by atoms with Crippen molar-refractivity contribution in [3.63, 3.8) is 0 Å². The molecule has 106 valence electrons. The van der Waals surface area contributed by atoms with E-state index in [0.29, 0.717) is 5.92 Å². The Bertz CT molecular complexity index is 532. The minimum absolute atomic E-state index is 0. The number of carbonyl (C=O) groups is 1. The van der Waals surface area contributed by atoms with E-state index in [0.717, 1.165) is 6.54 Å². The monoisotopic (exact) mass is 282 g/mol. The van der Waals surface area contributed by atoms with Gasteiger partial charge in [0.05, 0.1) is 0 Å². The summed E-state index contributed by atoms with van der Waals surface area (Å²) in [5.74, 6) is 0.693. The number of fused-ring (bicyclic) bond motifs is 1. The summed E-state index contributed by atoms with van der Waals surface area (Å²) in [6.45, 7) is 10.1. The van der Waals surface area contributed by atoms with Gasteiger partial charge < -0.3 is 10.3 Å². The minimum atomic E-state index is 0. The number of aromatic nitrogens is 1. The second-order valence-electron chi connectivity index (χ2n) is 4.87. The summed E-state index contributed by atoms with van der Waals surface area (Å²) < 4.78 is 2.44. The third-order valence-corrected chi connectivity index (χ3v) is 3.09. The summed E-state index contributed by atoms with van der Waals surface area (Å²) in [4.78, 5) is 8.58. The predicted octanol–water partition coefficient (Wildman–Crippen LogP) is 3.44. The molecule has 0 radical (unpaired) electrons. The Morgan fingerprint density at radius 2 is 1.79 bits per heavy atom. The number of nitrogens with zero attached hydrogens (tertiary/aromatic N) is 1. The van der Waals surface area contributed by atoms with Gasteiger partial charge >= 0.3 is 0 Å². The van der Waals surface area contributed by atoms with Crippen LogP contribution in [0.3, 0.4) is 0 Å². The lowest BCUT2D eigenvalue weighted by molar-refractivity contribution is -0.106. The molecule has 0 unspecified atom stereocenters. The van der Waals surface area contributed by atoms with E-state index in [1.165, 1.54) is 22.2 Å². The molecular weight excluding hydrogens is 260 g/mol. The molecule has 0 saturated heterocycles. The quantitative estimate of drug-likeness (QED) is 0.843. The van der Waals surface area contributed by atoms with Gasteiger partial charge in [-0.25, -0.2) is 0 Å². The number of aryl methyl sites for hydroxylation is 1. The van der Waals surface area contributed by atoms with Crippen LogP contribution in [-0.2, 0) is 11.3 Å². The molecule has 0 spiro atoms. The van der Waals surface area contributed by atoms with Crippen LogP contribution < -0.4 is 5.73 Å². The second kappa shape index (κ2) is 7.85. The zero-order chi connectivity index (χ0) is 13.7. The SMILES string of the molecule is Cc1c(C)n(CC(C)C)c2ccccc12.Cl.NC=O. The molecule has 1 amide bonds. The Morgan fingerprint density at radius 1 is 1.26 bits per heavy atom. The molecule has 0 bridgehead atoms. The fourth-order valence-electron chi connectivity index (χ4n) is 2.20. The summed E-state index contributed by atoms with van der Waals surface area (Å²) in [5, 5.41) is 1.40. The second-order valence-corrected chi connectivity index (χ2v) is 4.87. The Morgan fingerprint density at radius 3 is 2.32 bits per heavy atom. The van der Waals surface area contributed by atoms with Gasteiger partial charge in [0, 0.05) is 23.1 Å². The van der Waals surface area contributed by atoms with E-state index in [1.807, 2.05) is 0 Å². The van der Waals surface area contributed by atoms with Gasteiger partial charge in [0.2, 0.25) is 6.41 Å². The largest absolute Gasteiger partial charge is 0.372 e. The number of rotatable bonds is 2. The van der Waals surface area contributed by atoms with Crippen molar-refractivity contribution in [2.75, 3.05) is 0 Å². The summed E-state index contributed by atoms with van der Waals surface area (Å²) in [6.07, 6.45) is 0.250. The van der Waals surface area contributed by atoms with Gasteiger partial charge in [-0.15, -0.1) is 12.4 Å². The highest BCUT2D eigenvalue weighted by Crippen LogP contribution is 2.25. The number of primary amides is 1. The van der Waals surface area contributed by atoms with Crippen LogP contribution >= 0.6 is 12.4 Å². The van der Waals surface area contributed by atoms with Crippen molar-refractivity contribution in [1.82, 2.24) is 4.57 Å². The lowest BCUT2D eigenvalue weighted by Crippen LogP contribution is -2.05. The number of para-hydroxylation sites is 1. The van der Waals surface area contributed by atoms with Crippen molar-refractivity contribution in [2.45, 2.75) is 34.2 Å². The maximum atomic E-state index is 8.58. The number of nitrogens with two attached hydrogens (primary N) is 1. The van der Waals surface area contributed by atoms with E-state index >= 15 is 0 Å². The molecule has 1 aromatic heterocycles. The smallest absolute Gasteiger partial charge is 0.204 e. The van der Waals surface area contributed by atoms with Crippen LogP contribution in [-0.4, -0.2) is 11.0 Å². The Balaban J connectivity index is 0.000000742. The molecule has 2 N–H and O–H groups in total. The highest BCUT2D eigenvalue weighted by molar-refractivity contribution is 5.85. The molecule has 0 aliphatic carbocycles. The van der Waals surface area contributed by atoms with E-state index in [2.05, 4.69) is 62.3 Å². The molecule has 2 rings (SSSR count). The Kier molecular flexibility index (Phi) is 7.23. The average Bonchev–Trinajstić information content (AvgIpc) is 2.56. The van der Waals surface area contributed by atoms with E-state index in [1.54, 1.807) is 0 Å². The molecule has 4 heteroatoms. The number of hydrogen-bond acceptors (Lipinski definition) is 1. The fourth-order valence-corrected chi connectivity index (χ4v) is 2.20. The maximum Gasteiger partial charge on any atom is 0.204 e. The van der Waals surface area contributed by atoms with E-state index in [9.17, 15) is 0 Å². The van der Waals surface area contributed by atoms with Gasteiger partial charge in [0.15, 0.2) is 0 Å². The Labute approximate surface area is 121 Å². The normalized spacial score (nSPS) is 9.74. The molecule has 0 aliphatic heterocycles. The molecule has 0 fully saturated rings. The summed E-state index contributed by atoms with van der Waals surface area (Å²) in [7, 11) is 0. The van der Waals surface area contributed by atoms with Gasteiger partial charge in [-0.1, -0.05) is 32.0 Å². The van der Waals surface area contributed by atoms with Crippen molar-refractivity contribution in [3.05, 3.63) is 35.5 Å². The molecule has 1 aromatic carbocycles. The van der Waals surface area contributed by atoms with Crippen LogP contribution in [0.1, 0.15) is 25.1 Å². The third-order valence-electron chi connectivity index (χ3n) is 3.09. The van der Waals surface area contributed by atoms with Crippen molar-refractivity contribution in [1.29, 1.82) is 0 Å². The number of benzene rings is 1. The summed E-state index contributed by atoms with van der Waals surface area (Å²) >= 11 is 0. The van der Waals surface area contributed by atoms with Gasteiger partial charge in [-0.3, -0.25) is 4.79 Å². The first-order valence-electron chi connectivity index (χ1n) is 6.22. The first-order chi connectivity index (χ1) is 8.52. The first-order valence-corrected chi connectivity index (χ1v) is 6.22. The standard InChI is InChI=1S/C14H19N.CH3NO.ClH/c1-10(2)9-15-12(4)11(3)13-7-5-6-8-14(13)15;2-1-3;/h5-8,10H,9H2,1-4H3;1H,(H2,2,3);1H. The minimum Gasteiger partial charge on any atom is -0.372 e. The fraction of sp³-hybridized carbons (Fsp3) is 0.400. The maximum absolute atomic E-state index is 8.58. The lowest BCUT2D eigenvalue weighted by atomic mass is 10.2. The zero-order valence-electron chi connectivity index (χ0n) is 12.0. The molecule has 0 saturated carbocycles. The molecule has 2 aromatic rings. The molecule has 19 heavy (non-hydrogen) atoms. The lowest BCUT2D eigenvalue weighted by Gasteiger charge is -2.10. The van der Waals surface area contributed by atoms with Gasteiger partial charge in [0.25, 0.3) is 0 Å². The number of halogens is 1. The van der Waals surface area contributed by atoms with E-state index < -0.39 is 0 Å². The van der Waals surface area contributed by atoms with Crippen molar-refractivity contribution in [3.8, 4) is 0 Å². The molecule has 0 aliphatic rings. The van der Waals surface area contributed by atoms with Crippen LogP contribution in [0.5, 0.6) is 0 Å². The number of amides is 1. The molecule has 3 nitrogen and oxygen atoms in total. The highest BCUT2D eigenvalue weighted by atomic mass is 35.5. The van der Waals surface area contributed by atoms with E-state index in [4.69, 9.17) is 4.79 Å². The Hall–Kier alpha value is -1.48. The van der Waals surface area contributed by atoms with E-state index in [-0.39, 0.29) is 18.8 Å². The third kappa shape index (κ3) is 4.00. The number of carbonyl (C=O) groups excluding carboxylic acids is 1. The highest BCUT2D eigenvalue weighted by Gasteiger charge is 2.10. The van der Waals surface area contributed by atoms with Crippen molar-refractivity contribution >= 4 is 29.7 Å². The summed E-state index contributed by atoms with van der Waals surface area (Å²) in [5.41, 5.74) is 8.37. The van der Waals surface area contributed by atoms with Gasteiger partial charge in [0.1, 0.15) is 0 Å². The number of hydrogen-bond donors (Lipinski definition) is 1. The predicted molar refractivity (Wildman–Crippen MR) is 83.7 cm³/mol. The van der Waals surface area contributed by atoms with Crippen LogP contribution in [0.15, 0.2) is 24.3 Å². The average molecular weight is 283 g/mol. The molecule has 1 heterocycles. The van der Waals surface area contributed by atoms with Crippen molar-refractivity contribution in [2.24, 2.45) is 11.7 Å². The van der Waals surface area contributed by atoms with Gasteiger partial charge in [-0.05, 0) is 31.4 Å². The zero-order valence-corrected chi connectivity index (χ0v) is 12.8. The first kappa shape index (κ1) is 17.5. The van der Waals surface area contributed by atoms with Gasteiger partial charge in [-0.2, -0.15) is 0 Å². The van der Waals surface area contributed by atoms with Crippen LogP contribution in [0.4, 0.5) is 0 Å².